The van der Waals surface area contributed by atoms with E-state index >= 15 is 0 Å². The molecule has 0 aromatic carbocycles. The van der Waals surface area contributed by atoms with Crippen LogP contribution in [-0.2, 0) is 14.8 Å². The molecule has 0 saturated carbocycles. The van der Waals surface area contributed by atoms with Gasteiger partial charge in [-0.15, -0.1) is 0 Å². The summed E-state index contributed by atoms with van der Waals surface area (Å²) in [7, 11) is -2.36. The lowest BCUT2D eigenvalue weighted by Crippen LogP contribution is -2.43. The number of aromatic nitrogens is 1. The van der Waals surface area contributed by atoms with E-state index in [9.17, 15) is 13.2 Å². The molecule has 3 N–H and O–H groups in total. The van der Waals surface area contributed by atoms with Crippen LogP contribution in [0.2, 0.25) is 0 Å². The average molecular weight is 300 g/mol. The summed E-state index contributed by atoms with van der Waals surface area (Å²) in [6.45, 7) is 4.06. The lowest BCUT2D eigenvalue weighted by atomic mass is 10.3. The lowest BCUT2D eigenvalue weighted by molar-refractivity contribution is -0.121. The first-order chi connectivity index (χ1) is 9.42. The van der Waals surface area contributed by atoms with Crippen molar-refractivity contribution in [2.45, 2.75) is 31.2 Å². The molecule has 112 valence electrons. The summed E-state index contributed by atoms with van der Waals surface area (Å²) in [5.41, 5.74) is 0. The highest BCUT2D eigenvalue weighted by Gasteiger charge is 2.24. The SMILES string of the molecule is CCCNc1ncccc1S(=O)(=O)NC(C)C(=O)NC. The highest BCUT2D eigenvalue weighted by atomic mass is 32.2. The van der Waals surface area contributed by atoms with E-state index in [1.54, 1.807) is 0 Å². The van der Waals surface area contributed by atoms with Gasteiger partial charge in [0.2, 0.25) is 15.9 Å². The number of pyridine rings is 1. The smallest absolute Gasteiger partial charge is 0.244 e. The second-order valence-electron chi connectivity index (χ2n) is 4.23. The Hall–Kier alpha value is -1.67. The lowest BCUT2D eigenvalue weighted by Gasteiger charge is -2.15. The summed E-state index contributed by atoms with van der Waals surface area (Å²) in [5, 5.41) is 5.35. The molecule has 0 bridgehead atoms. The van der Waals surface area contributed by atoms with Crippen LogP contribution in [0.25, 0.3) is 0 Å². The van der Waals surface area contributed by atoms with E-state index in [2.05, 4.69) is 20.3 Å². The molecule has 0 fully saturated rings. The van der Waals surface area contributed by atoms with Crippen molar-refractivity contribution in [1.29, 1.82) is 0 Å². The standard InChI is InChI=1S/C12H20N4O3S/c1-4-7-14-11-10(6-5-8-15-11)20(18,19)16-9(2)12(17)13-3/h5-6,8-9,16H,4,7H2,1-3H3,(H,13,17)(H,14,15). The van der Waals surface area contributed by atoms with Gasteiger partial charge in [-0.05, 0) is 25.5 Å². The molecule has 1 unspecified atom stereocenters. The van der Waals surface area contributed by atoms with Crippen LogP contribution in [0.4, 0.5) is 5.82 Å². The number of sulfonamides is 1. The number of carbonyl (C=O) groups excluding carboxylic acids is 1. The first-order valence-corrected chi connectivity index (χ1v) is 7.83. The molecule has 0 spiro atoms. The zero-order valence-corrected chi connectivity index (χ0v) is 12.6. The molecule has 0 aliphatic rings. The third-order valence-corrected chi connectivity index (χ3v) is 4.15. The first-order valence-electron chi connectivity index (χ1n) is 6.35. The van der Waals surface area contributed by atoms with E-state index in [1.807, 2.05) is 6.92 Å². The van der Waals surface area contributed by atoms with Crippen LogP contribution < -0.4 is 15.4 Å². The molecule has 0 saturated heterocycles. The Morgan fingerprint density at radius 1 is 1.45 bits per heavy atom. The number of nitrogens with zero attached hydrogens (tertiary/aromatic N) is 1. The van der Waals surface area contributed by atoms with Gasteiger partial charge in [-0.2, -0.15) is 4.72 Å². The molecule has 0 aliphatic carbocycles. The van der Waals surface area contributed by atoms with Gasteiger partial charge >= 0.3 is 0 Å². The van der Waals surface area contributed by atoms with Crippen molar-refractivity contribution < 1.29 is 13.2 Å². The minimum Gasteiger partial charge on any atom is -0.369 e. The van der Waals surface area contributed by atoms with Crippen LogP contribution >= 0.6 is 0 Å². The Morgan fingerprint density at radius 3 is 2.75 bits per heavy atom. The monoisotopic (exact) mass is 300 g/mol. The Kier molecular flexibility index (Phi) is 5.90. The van der Waals surface area contributed by atoms with Gasteiger partial charge in [0.1, 0.15) is 10.7 Å². The molecule has 0 aliphatic heterocycles. The van der Waals surface area contributed by atoms with E-state index < -0.39 is 22.0 Å². The van der Waals surface area contributed by atoms with Crippen molar-refractivity contribution in [3.8, 4) is 0 Å². The molecule has 1 aromatic heterocycles. The molecule has 20 heavy (non-hydrogen) atoms. The van der Waals surface area contributed by atoms with Crippen molar-refractivity contribution in [3.05, 3.63) is 18.3 Å². The molecule has 8 heteroatoms. The minimum atomic E-state index is -3.81. The summed E-state index contributed by atoms with van der Waals surface area (Å²) in [5.74, 6) is -0.119. The number of carbonyl (C=O) groups is 1. The Bertz CT molecular complexity index is 560. The summed E-state index contributed by atoms with van der Waals surface area (Å²) >= 11 is 0. The highest BCUT2D eigenvalue weighted by molar-refractivity contribution is 7.89. The van der Waals surface area contributed by atoms with Crippen molar-refractivity contribution in [2.75, 3.05) is 18.9 Å². The fraction of sp³-hybridized carbons (Fsp3) is 0.500. The van der Waals surface area contributed by atoms with Crippen LogP contribution in [0, 0.1) is 0 Å². The van der Waals surface area contributed by atoms with E-state index in [4.69, 9.17) is 0 Å². The second-order valence-corrected chi connectivity index (χ2v) is 5.92. The van der Waals surface area contributed by atoms with Crippen LogP contribution in [0.3, 0.4) is 0 Å². The number of likely N-dealkylation sites (N-methyl/N-ethyl adjacent to an activating group) is 1. The zero-order valence-electron chi connectivity index (χ0n) is 11.8. The number of amides is 1. The fourth-order valence-corrected chi connectivity index (χ4v) is 2.89. The van der Waals surface area contributed by atoms with Gasteiger partial charge in [0.25, 0.3) is 0 Å². The highest BCUT2D eigenvalue weighted by Crippen LogP contribution is 2.18. The first kappa shape index (κ1) is 16.4. The Balaban J connectivity index is 3.00. The largest absolute Gasteiger partial charge is 0.369 e. The van der Waals surface area contributed by atoms with Crippen molar-refractivity contribution in [1.82, 2.24) is 15.0 Å². The molecule has 1 rings (SSSR count). The zero-order chi connectivity index (χ0) is 15.2. The number of anilines is 1. The number of nitrogens with one attached hydrogen (secondary N) is 3. The average Bonchev–Trinajstić information content (AvgIpc) is 2.43. The molecular weight excluding hydrogens is 280 g/mol. The minimum absolute atomic E-state index is 0.0317. The number of hydrogen-bond acceptors (Lipinski definition) is 5. The predicted molar refractivity (Wildman–Crippen MR) is 76.9 cm³/mol. The van der Waals surface area contributed by atoms with E-state index in [-0.39, 0.29) is 10.7 Å². The summed E-state index contributed by atoms with van der Waals surface area (Å²) < 4.78 is 26.9. The number of rotatable bonds is 7. The van der Waals surface area contributed by atoms with Crippen molar-refractivity contribution in [3.63, 3.8) is 0 Å². The van der Waals surface area contributed by atoms with E-state index in [0.29, 0.717) is 6.54 Å². The van der Waals surface area contributed by atoms with Crippen molar-refractivity contribution >= 4 is 21.7 Å². The normalized spacial score (nSPS) is 12.8. The van der Waals surface area contributed by atoms with E-state index in [1.165, 1.54) is 32.3 Å². The molecule has 1 amide bonds. The Labute approximate surface area is 119 Å². The third kappa shape index (κ3) is 4.17. The van der Waals surface area contributed by atoms with Crippen LogP contribution in [0.15, 0.2) is 23.2 Å². The maximum atomic E-state index is 12.3. The van der Waals surface area contributed by atoms with Gasteiger partial charge < -0.3 is 10.6 Å². The molecule has 1 atom stereocenters. The maximum absolute atomic E-state index is 12.3. The topological polar surface area (TPSA) is 100 Å². The van der Waals surface area contributed by atoms with Gasteiger partial charge in [0.15, 0.2) is 0 Å². The van der Waals surface area contributed by atoms with Gasteiger partial charge in [-0.3, -0.25) is 4.79 Å². The van der Waals surface area contributed by atoms with Gasteiger partial charge in [-0.25, -0.2) is 13.4 Å². The molecule has 1 heterocycles. The number of hydrogen-bond donors (Lipinski definition) is 3. The summed E-state index contributed by atoms with van der Waals surface area (Å²) in [6.07, 6.45) is 2.36. The second kappa shape index (κ2) is 7.20. The van der Waals surface area contributed by atoms with Crippen LogP contribution in [0.1, 0.15) is 20.3 Å². The quantitative estimate of drug-likeness (QED) is 0.673. The molecule has 0 radical (unpaired) electrons. The van der Waals surface area contributed by atoms with Gasteiger partial charge in [-0.1, -0.05) is 6.92 Å². The third-order valence-electron chi connectivity index (χ3n) is 2.57. The Morgan fingerprint density at radius 2 is 2.15 bits per heavy atom. The molecule has 7 nitrogen and oxygen atoms in total. The fourth-order valence-electron chi connectivity index (χ4n) is 1.55. The molecular formula is C12H20N4O3S. The van der Waals surface area contributed by atoms with Gasteiger partial charge in [0, 0.05) is 19.8 Å². The van der Waals surface area contributed by atoms with Crippen LogP contribution in [0.5, 0.6) is 0 Å². The van der Waals surface area contributed by atoms with Crippen molar-refractivity contribution in [2.24, 2.45) is 0 Å². The van der Waals surface area contributed by atoms with E-state index in [0.717, 1.165) is 6.42 Å². The van der Waals surface area contributed by atoms with Gasteiger partial charge in [0.05, 0.1) is 6.04 Å². The summed E-state index contributed by atoms with van der Waals surface area (Å²) in [4.78, 5) is 15.5. The maximum Gasteiger partial charge on any atom is 0.244 e. The summed E-state index contributed by atoms with van der Waals surface area (Å²) in [6, 6.07) is 2.13. The van der Waals surface area contributed by atoms with Crippen LogP contribution in [-0.4, -0.2) is 38.9 Å². The molecule has 1 aromatic rings. The predicted octanol–water partition coefficient (Wildman–Crippen LogP) is 0.316.